The lowest BCUT2D eigenvalue weighted by Gasteiger charge is -2.30. The summed E-state index contributed by atoms with van der Waals surface area (Å²) in [5.41, 5.74) is 0. The smallest absolute Gasteiger partial charge is 0.313 e. The summed E-state index contributed by atoms with van der Waals surface area (Å²) in [5, 5.41) is 8.60. The Bertz CT molecular complexity index is 325. The van der Waals surface area contributed by atoms with E-state index < -0.39 is 5.97 Å². The molecule has 0 unspecified atom stereocenters. The van der Waals surface area contributed by atoms with Crippen molar-refractivity contribution < 1.29 is 14.7 Å². The number of carbonyl (C=O) groups excluding carboxylic acids is 1. The van der Waals surface area contributed by atoms with E-state index in [0.29, 0.717) is 17.7 Å². The van der Waals surface area contributed by atoms with Gasteiger partial charge in [-0.1, -0.05) is 19.3 Å². The number of thioether (sulfide) groups is 1. The van der Waals surface area contributed by atoms with Crippen LogP contribution in [-0.2, 0) is 9.59 Å². The molecule has 0 aromatic carbocycles. The van der Waals surface area contributed by atoms with Crippen molar-refractivity contribution in [1.29, 1.82) is 0 Å². The zero-order chi connectivity index (χ0) is 13.7. The van der Waals surface area contributed by atoms with Gasteiger partial charge in [0.25, 0.3) is 0 Å². The van der Waals surface area contributed by atoms with Gasteiger partial charge in [-0.25, -0.2) is 0 Å². The fourth-order valence-electron chi connectivity index (χ4n) is 2.80. The average molecular weight is 285 g/mol. The fourth-order valence-corrected chi connectivity index (χ4v) is 3.41. The Hall–Kier alpha value is -0.710. The van der Waals surface area contributed by atoms with Crippen molar-refractivity contribution in [3.63, 3.8) is 0 Å². The Morgan fingerprint density at radius 1 is 1.05 bits per heavy atom. The molecule has 0 aromatic rings. The molecule has 0 atom stereocenters. The van der Waals surface area contributed by atoms with E-state index in [1.165, 1.54) is 43.9 Å². The summed E-state index contributed by atoms with van der Waals surface area (Å²) in [5.74, 6) is 0.300. The third kappa shape index (κ3) is 5.05. The first-order valence-corrected chi connectivity index (χ1v) is 8.41. The van der Waals surface area contributed by atoms with Gasteiger partial charge < -0.3 is 10.0 Å². The predicted octanol–water partition coefficient (Wildman–Crippen LogP) is 2.38. The van der Waals surface area contributed by atoms with Gasteiger partial charge in [-0.3, -0.25) is 9.59 Å². The quantitative estimate of drug-likeness (QED) is 0.780. The SMILES string of the molecule is O=C(O)CSCC(=O)N(CC1CCCCC1)C1CC1. The van der Waals surface area contributed by atoms with Crippen molar-refractivity contribution in [1.82, 2.24) is 4.90 Å². The molecular weight excluding hydrogens is 262 g/mol. The van der Waals surface area contributed by atoms with Crippen LogP contribution in [0.5, 0.6) is 0 Å². The summed E-state index contributed by atoms with van der Waals surface area (Å²) in [7, 11) is 0. The van der Waals surface area contributed by atoms with Crippen LogP contribution in [-0.4, -0.2) is 46.0 Å². The van der Waals surface area contributed by atoms with Crippen molar-refractivity contribution in [3.05, 3.63) is 0 Å². The summed E-state index contributed by atoms with van der Waals surface area (Å²) >= 11 is 1.21. The van der Waals surface area contributed by atoms with E-state index in [2.05, 4.69) is 0 Å². The van der Waals surface area contributed by atoms with Crippen LogP contribution in [0.15, 0.2) is 0 Å². The molecule has 2 fully saturated rings. The lowest BCUT2D eigenvalue weighted by Crippen LogP contribution is -2.39. The number of carboxylic acids is 1. The first-order valence-electron chi connectivity index (χ1n) is 7.26. The first-order chi connectivity index (χ1) is 9.16. The zero-order valence-electron chi connectivity index (χ0n) is 11.3. The second-order valence-corrected chi connectivity index (χ2v) is 6.65. The molecular formula is C14H23NO3S. The molecule has 5 heteroatoms. The van der Waals surface area contributed by atoms with Crippen molar-refractivity contribution in [2.75, 3.05) is 18.1 Å². The zero-order valence-corrected chi connectivity index (χ0v) is 12.2. The molecule has 4 nitrogen and oxygen atoms in total. The van der Waals surface area contributed by atoms with E-state index in [1.807, 2.05) is 4.90 Å². The van der Waals surface area contributed by atoms with Crippen LogP contribution in [0.4, 0.5) is 0 Å². The molecule has 0 saturated heterocycles. The van der Waals surface area contributed by atoms with Gasteiger partial charge in [0.2, 0.25) is 5.91 Å². The Labute approximate surface area is 118 Å². The van der Waals surface area contributed by atoms with Gasteiger partial charge in [0.05, 0.1) is 11.5 Å². The van der Waals surface area contributed by atoms with Gasteiger partial charge in [-0.15, -0.1) is 11.8 Å². The second-order valence-electron chi connectivity index (χ2n) is 5.67. The molecule has 2 aliphatic rings. The Balaban J connectivity index is 1.77. The van der Waals surface area contributed by atoms with Gasteiger partial charge in [0, 0.05) is 12.6 Å². The molecule has 0 radical (unpaired) electrons. The number of nitrogens with zero attached hydrogens (tertiary/aromatic N) is 1. The van der Waals surface area contributed by atoms with Crippen LogP contribution < -0.4 is 0 Å². The number of hydrogen-bond acceptors (Lipinski definition) is 3. The average Bonchev–Trinajstić information content (AvgIpc) is 3.21. The largest absolute Gasteiger partial charge is 0.481 e. The van der Waals surface area contributed by atoms with Gasteiger partial charge in [-0.2, -0.15) is 0 Å². The topological polar surface area (TPSA) is 57.6 Å². The lowest BCUT2D eigenvalue weighted by molar-refractivity contribution is -0.133. The Kier molecular flexibility index (Phi) is 5.55. The van der Waals surface area contributed by atoms with E-state index in [4.69, 9.17) is 5.11 Å². The highest BCUT2D eigenvalue weighted by molar-refractivity contribution is 8.00. The van der Waals surface area contributed by atoms with Crippen LogP contribution in [0.1, 0.15) is 44.9 Å². The van der Waals surface area contributed by atoms with Crippen molar-refractivity contribution in [2.24, 2.45) is 5.92 Å². The molecule has 2 aliphatic carbocycles. The highest BCUT2D eigenvalue weighted by Crippen LogP contribution is 2.31. The lowest BCUT2D eigenvalue weighted by atomic mass is 9.89. The van der Waals surface area contributed by atoms with Crippen LogP contribution in [0.2, 0.25) is 0 Å². The Morgan fingerprint density at radius 2 is 1.74 bits per heavy atom. The van der Waals surface area contributed by atoms with Gasteiger partial charge in [0.15, 0.2) is 0 Å². The van der Waals surface area contributed by atoms with Crippen molar-refractivity contribution in [3.8, 4) is 0 Å². The minimum absolute atomic E-state index is 0.0215. The van der Waals surface area contributed by atoms with Gasteiger partial charge >= 0.3 is 5.97 Å². The summed E-state index contributed by atoms with van der Waals surface area (Å²) < 4.78 is 0. The maximum absolute atomic E-state index is 12.2. The van der Waals surface area contributed by atoms with E-state index >= 15 is 0 Å². The maximum atomic E-state index is 12.2. The summed E-state index contributed by atoms with van der Waals surface area (Å²) in [6.07, 6.45) is 8.68. The van der Waals surface area contributed by atoms with E-state index in [9.17, 15) is 9.59 Å². The number of hydrogen-bond donors (Lipinski definition) is 1. The minimum atomic E-state index is -0.844. The van der Waals surface area contributed by atoms with Crippen LogP contribution in [0.25, 0.3) is 0 Å². The van der Waals surface area contributed by atoms with Gasteiger partial charge in [-0.05, 0) is 31.6 Å². The molecule has 1 N–H and O–H groups in total. The van der Waals surface area contributed by atoms with Gasteiger partial charge in [0.1, 0.15) is 0 Å². The van der Waals surface area contributed by atoms with E-state index in [0.717, 1.165) is 19.4 Å². The summed E-state index contributed by atoms with van der Waals surface area (Å²) in [6, 6.07) is 0.444. The van der Waals surface area contributed by atoms with Crippen molar-refractivity contribution in [2.45, 2.75) is 51.0 Å². The number of carboxylic acid groups (broad SMARTS) is 1. The normalized spacial score (nSPS) is 20.2. The molecule has 0 bridgehead atoms. The monoisotopic (exact) mass is 285 g/mol. The van der Waals surface area contributed by atoms with Crippen LogP contribution >= 0.6 is 11.8 Å². The number of rotatable bonds is 7. The second kappa shape index (κ2) is 7.17. The van der Waals surface area contributed by atoms with Crippen LogP contribution in [0, 0.1) is 5.92 Å². The third-order valence-electron chi connectivity index (χ3n) is 3.94. The minimum Gasteiger partial charge on any atom is -0.481 e. The Morgan fingerprint density at radius 3 is 2.32 bits per heavy atom. The fraction of sp³-hybridized carbons (Fsp3) is 0.857. The maximum Gasteiger partial charge on any atom is 0.313 e. The first kappa shape index (κ1) is 14.7. The molecule has 0 aromatic heterocycles. The highest BCUT2D eigenvalue weighted by Gasteiger charge is 2.33. The number of carbonyl (C=O) groups is 2. The molecule has 2 rings (SSSR count). The standard InChI is InChI=1S/C14H23NO3S/c16-13(9-19-10-14(17)18)15(12-6-7-12)8-11-4-2-1-3-5-11/h11-12H,1-10H2,(H,17,18). The molecule has 108 valence electrons. The summed E-state index contributed by atoms with van der Waals surface area (Å²) in [6.45, 7) is 0.900. The molecule has 0 aliphatic heterocycles. The molecule has 0 heterocycles. The molecule has 0 spiro atoms. The third-order valence-corrected chi connectivity index (χ3v) is 4.84. The molecule has 1 amide bonds. The van der Waals surface area contributed by atoms with Crippen LogP contribution in [0.3, 0.4) is 0 Å². The van der Waals surface area contributed by atoms with E-state index in [-0.39, 0.29) is 11.7 Å². The summed E-state index contributed by atoms with van der Waals surface area (Å²) in [4.78, 5) is 24.7. The van der Waals surface area contributed by atoms with E-state index in [1.54, 1.807) is 0 Å². The molecule has 19 heavy (non-hydrogen) atoms. The number of aliphatic carboxylic acids is 1. The molecule has 2 saturated carbocycles. The predicted molar refractivity (Wildman–Crippen MR) is 76.3 cm³/mol. The van der Waals surface area contributed by atoms with Crippen molar-refractivity contribution >= 4 is 23.6 Å². The number of amides is 1. The highest BCUT2D eigenvalue weighted by atomic mass is 32.2.